The van der Waals surface area contributed by atoms with Gasteiger partial charge in [0, 0.05) is 12.2 Å². The number of anilines is 1. The molecule has 1 amide bonds. The third kappa shape index (κ3) is 4.05. The number of aliphatic hydroxyl groups is 1. The number of hydrogen-bond donors (Lipinski definition) is 2. The number of carbonyl (C=O) groups excluding carboxylic acids is 1. The molecule has 1 aromatic rings. The standard InChI is InChI=1S/C16H24N2O2/c1-13-7-3-4-8-14(13)17-15(19)11-18(2)12-16(20)9-5-6-10-16/h3-4,7-8,20H,5-6,9-12H2,1-2H3,(H,17,19). The smallest absolute Gasteiger partial charge is 0.238 e. The van der Waals surface area contributed by atoms with E-state index in [9.17, 15) is 9.90 Å². The van der Waals surface area contributed by atoms with Crippen molar-refractivity contribution in [3.63, 3.8) is 0 Å². The molecule has 110 valence electrons. The molecule has 1 fully saturated rings. The first-order valence-electron chi connectivity index (χ1n) is 7.25. The molecular formula is C16H24N2O2. The van der Waals surface area contributed by atoms with Gasteiger partial charge in [0.15, 0.2) is 0 Å². The van der Waals surface area contributed by atoms with Gasteiger partial charge in [0.25, 0.3) is 0 Å². The van der Waals surface area contributed by atoms with Crippen LogP contribution in [0.5, 0.6) is 0 Å². The molecule has 0 radical (unpaired) electrons. The van der Waals surface area contributed by atoms with E-state index in [0.29, 0.717) is 13.1 Å². The SMILES string of the molecule is Cc1ccccc1NC(=O)CN(C)CC1(O)CCCC1. The fraction of sp³-hybridized carbons (Fsp3) is 0.562. The molecule has 1 aliphatic rings. The molecule has 20 heavy (non-hydrogen) atoms. The number of para-hydroxylation sites is 1. The average Bonchev–Trinajstić information content (AvgIpc) is 2.78. The maximum absolute atomic E-state index is 12.0. The predicted octanol–water partition coefficient (Wildman–Crippen LogP) is 2.17. The van der Waals surface area contributed by atoms with Crippen LogP contribution < -0.4 is 5.32 Å². The number of aryl methyl sites for hydroxylation is 1. The van der Waals surface area contributed by atoms with E-state index in [4.69, 9.17) is 0 Å². The second kappa shape index (κ2) is 6.37. The molecule has 2 N–H and O–H groups in total. The van der Waals surface area contributed by atoms with Crippen molar-refractivity contribution in [1.82, 2.24) is 4.90 Å². The van der Waals surface area contributed by atoms with Crippen molar-refractivity contribution < 1.29 is 9.90 Å². The van der Waals surface area contributed by atoms with Crippen LogP contribution in [-0.2, 0) is 4.79 Å². The van der Waals surface area contributed by atoms with Crippen LogP contribution in [0.2, 0.25) is 0 Å². The van der Waals surface area contributed by atoms with E-state index in [0.717, 1.165) is 36.9 Å². The Bertz CT molecular complexity index is 467. The van der Waals surface area contributed by atoms with Crippen LogP contribution in [0.4, 0.5) is 5.69 Å². The van der Waals surface area contributed by atoms with E-state index >= 15 is 0 Å². The number of nitrogens with one attached hydrogen (secondary N) is 1. The number of nitrogens with zero attached hydrogens (tertiary/aromatic N) is 1. The molecule has 0 aliphatic heterocycles. The predicted molar refractivity (Wildman–Crippen MR) is 80.7 cm³/mol. The number of rotatable bonds is 5. The molecule has 1 aromatic carbocycles. The molecule has 0 spiro atoms. The summed E-state index contributed by atoms with van der Waals surface area (Å²) in [6.45, 7) is 2.84. The molecule has 0 saturated heterocycles. The van der Waals surface area contributed by atoms with Gasteiger partial charge in [-0.2, -0.15) is 0 Å². The minimum absolute atomic E-state index is 0.0385. The first-order valence-corrected chi connectivity index (χ1v) is 7.25. The van der Waals surface area contributed by atoms with Gasteiger partial charge in [-0.1, -0.05) is 31.0 Å². The molecular weight excluding hydrogens is 252 g/mol. The third-order valence-corrected chi connectivity index (χ3v) is 3.93. The first kappa shape index (κ1) is 15.0. The summed E-state index contributed by atoms with van der Waals surface area (Å²) in [6, 6.07) is 7.73. The number of hydrogen-bond acceptors (Lipinski definition) is 3. The fourth-order valence-corrected chi connectivity index (χ4v) is 2.90. The minimum Gasteiger partial charge on any atom is -0.389 e. The first-order chi connectivity index (χ1) is 9.48. The summed E-state index contributed by atoms with van der Waals surface area (Å²) in [5.41, 5.74) is 1.31. The highest BCUT2D eigenvalue weighted by atomic mass is 16.3. The number of amides is 1. The zero-order valence-electron chi connectivity index (χ0n) is 12.4. The fourth-order valence-electron chi connectivity index (χ4n) is 2.90. The number of likely N-dealkylation sites (N-methyl/N-ethyl adjacent to an activating group) is 1. The van der Waals surface area contributed by atoms with Gasteiger partial charge < -0.3 is 10.4 Å². The van der Waals surface area contributed by atoms with E-state index in [1.54, 1.807) is 0 Å². The Labute approximate surface area is 120 Å². The number of benzene rings is 1. The van der Waals surface area contributed by atoms with Crippen LogP contribution in [-0.4, -0.2) is 41.7 Å². The maximum atomic E-state index is 12.0. The van der Waals surface area contributed by atoms with Crippen LogP contribution in [0.3, 0.4) is 0 Å². The molecule has 0 aromatic heterocycles. The van der Waals surface area contributed by atoms with E-state index in [2.05, 4.69) is 5.32 Å². The Morgan fingerprint density at radius 2 is 2.00 bits per heavy atom. The van der Waals surface area contributed by atoms with Crippen LogP contribution in [0, 0.1) is 6.92 Å². The molecule has 0 bridgehead atoms. The van der Waals surface area contributed by atoms with Crippen LogP contribution >= 0.6 is 0 Å². The second-order valence-corrected chi connectivity index (χ2v) is 5.97. The summed E-state index contributed by atoms with van der Waals surface area (Å²) in [5.74, 6) is -0.0385. The monoisotopic (exact) mass is 276 g/mol. The van der Waals surface area contributed by atoms with E-state index in [1.165, 1.54) is 0 Å². The van der Waals surface area contributed by atoms with Crippen molar-refractivity contribution in [1.29, 1.82) is 0 Å². The van der Waals surface area contributed by atoms with Gasteiger partial charge in [-0.15, -0.1) is 0 Å². The van der Waals surface area contributed by atoms with Gasteiger partial charge in [-0.25, -0.2) is 0 Å². The van der Waals surface area contributed by atoms with Crippen LogP contribution in [0.15, 0.2) is 24.3 Å². The van der Waals surface area contributed by atoms with E-state index in [-0.39, 0.29) is 5.91 Å². The lowest BCUT2D eigenvalue weighted by Crippen LogP contribution is -2.42. The summed E-state index contributed by atoms with van der Waals surface area (Å²) < 4.78 is 0. The molecule has 2 rings (SSSR count). The quantitative estimate of drug-likeness (QED) is 0.866. The summed E-state index contributed by atoms with van der Waals surface area (Å²) in [5, 5.41) is 13.3. The molecule has 1 saturated carbocycles. The van der Waals surface area contributed by atoms with Crippen molar-refractivity contribution in [2.24, 2.45) is 0 Å². The third-order valence-electron chi connectivity index (χ3n) is 3.93. The van der Waals surface area contributed by atoms with E-state index in [1.807, 2.05) is 43.1 Å². The molecule has 1 aliphatic carbocycles. The average molecular weight is 276 g/mol. The van der Waals surface area contributed by atoms with Crippen LogP contribution in [0.25, 0.3) is 0 Å². The zero-order chi connectivity index (χ0) is 14.6. The largest absolute Gasteiger partial charge is 0.389 e. The van der Waals surface area contributed by atoms with Gasteiger partial charge in [0.05, 0.1) is 12.1 Å². The summed E-state index contributed by atoms with van der Waals surface area (Å²) in [6.07, 6.45) is 3.85. The summed E-state index contributed by atoms with van der Waals surface area (Å²) in [7, 11) is 1.88. The maximum Gasteiger partial charge on any atom is 0.238 e. The summed E-state index contributed by atoms with van der Waals surface area (Å²) in [4.78, 5) is 13.9. The van der Waals surface area contributed by atoms with Crippen molar-refractivity contribution in [2.45, 2.75) is 38.2 Å². The zero-order valence-corrected chi connectivity index (χ0v) is 12.4. The second-order valence-electron chi connectivity index (χ2n) is 5.97. The highest BCUT2D eigenvalue weighted by Crippen LogP contribution is 2.29. The van der Waals surface area contributed by atoms with Gasteiger partial charge in [0.1, 0.15) is 0 Å². The minimum atomic E-state index is -0.600. The topological polar surface area (TPSA) is 52.6 Å². The van der Waals surface area contributed by atoms with E-state index < -0.39 is 5.60 Å². The van der Waals surface area contributed by atoms with Crippen molar-refractivity contribution in [3.05, 3.63) is 29.8 Å². The lowest BCUT2D eigenvalue weighted by molar-refractivity contribution is -0.117. The Morgan fingerprint density at radius 1 is 1.35 bits per heavy atom. The van der Waals surface area contributed by atoms with Crippen LogP contribution in [0.1, 0.15) is 31.2 Å². The lowest BCUT2D eigenvalue weighted by Gasteiger charge is -2.28. The lowest BCUT2D eigenvalue weighted by atomic mass is 10.0. The Hall–Kier alpha value is -1.39. The Balaban J connectivity index is 1.83. The van der Waals surface area contributed by atoms with Crippen molar-refractivity contribution in [2.75, 3.05) is 25.5 Å². The summed E-state index contributed by atoms with van der Waals surface area (Å²) >= 11 is 0. The van der Waals surface area contributed by atoms with Gasteiger partial charge in [-0.05, 0) is 38.4 Å². The highest BCUT2D eigenvalue weighted by Gasteiger charge is 2.32. The molecule has 0 heterocycles. The molecule has 4 heteroatoms. The Kier molecular flexibility index (Phi) is 4.78. The molecule has 0 unspecified atom stereocenters. The Morgan fingerprint density at radius 3 is 2.65 bits per heavy atom. The highest BCUT2D eigenvalue weighted by molar-refractivity contribution is 5.92. The van der Waals surface area contributed by atoms with Gasteiger partial charge in [0.2, 0.25) is 5.91 Å². The van der Waals surface area contributed by atoms with Gasteiger partial charge in [-0.3, -0.25) is 9.69 Å². The number of carbonyl (C=O) groups is 1. The van der Waals surface area contributed by atoms with Gasteiger partial charge >= 0.3 is 0 Å². The van der Waals surface area contributed by atoms with Crippen molar-refractivity contribution in [3.8, 4) is 0 Å². The normalized spacial score (nSPS) is 17.4. The molecule has 0 atom stereocenters. The van der Waals surface area contributed by atoms with Crippen molar-refractivity contribution >= 4 is 11.6 Å². The molecule has 4 nitrogen and oxygen atoms in total.